The number of benzene rings is 3. The molecule has 1 saturated heterocycles. The molecule has 0 spiro atoms. The van der Waals surface area contributed by atoms with Gasteiger partial charge in [-0.15, -0.1) is 0 Å². The fourth-order valence-electron chi connectivity index (χ4n) is 3.93. The van der Waals surface area contributed by atoms with E-state index in [4.69, 9.17) is 0 Å². The predicted octanol–water partition coefficient (Wildman–Crippen LogP) is 4.84. The molecule has 0 aliphatic carbocycles. The van der Waals surface area contributed by atoms with Gasteiger partial charge in [0.15, 0.2) is 0 Å². The number of aromatic hydroxyl groups is 1. The minimum absolute atomic E-state index is 0.114. The molecule has 1 amide bonds. The number of aliphatic hydroxyl groups excluding tert-OH is 1. The Labute approximate surface area is 178 Å². The molecular weight excluding hydrogens is 400 g/mol. The summed E-state index contributed by atoms with van der Waals surface area (Å²) in [5, 5.41) is 19.4. The first-order valence-corrected chi connectivity index (χ1v) is 9.91. The normalized spacial score (nSPS) is 18.7. The van der Waals surface area contributed by atoms with E-state index in [0.717, 1.165) is 5.56 Å². The fraction of sp³-hybridized carbons (Fsp3) is 0.160. The third-order valence-electron chi connectivity index (χ3n) is 5.56. The van der Waals surface area contributed by atoms with Crippen molar-refractivity contribution in [3.05, 3.63) is 102 Å². The number of rotatable bonds is 6. The maximum absolute atomic E-state index is 13.4. The van der Waals surface area contributed by atoms with Gasteiger partial charge in [0.2, 0.25) is 5.91 Å². The Bertz CT molecular complexity index is 1090. The van der Waals surface area contributed by atoms with E-state index in [-0.39, 0.29) is 35.9 Å². The van der Waals surface area contributed by atoms with E-state index in [1.807, 2.05) is 0 Å². The number of amides is 1. The van der Waals surface area contributed by atoms with E-state index in [1.165, 1.54) is 24.3 Å². The number of carbonyl (C=O) groups excluding carboxylic acids is 1. The molecule has 1 aliphatic heterocycles. The van der Waals surface area contributed by atoms with Gasteiger partial charge in [0.05, 0.1) is 18.6 Å². The Hall–Kier alpha value is -3.51. The molecule has 4 nitrogen and oxygen atoms in total. The molecule has 0 bridgehead atoms. The van der Waals surface area contributed by atoms with Crippen LogP contribution in [0.5, 0.6) is 5.75 Å². The summed E-state index contributed by atoms with van der Waals surface area (Å²) in [5.41, 5.74) is 2.72. The zero-order valence-electron chi connectivity index (χ0n) is 16.6. The number of halogens is 2. The third-order valence-corrected chi connectivity index (χ3v) is 5.56. The van der Waals surface area contributed by atoms with Crippen LogP contribution in [0.25, 0.3) is 5.57 Å². The highest BCUT2D eigenvalue weighted by Gasteiger charge is 2.48. The van der Waals surface area contributed by atoms with Gasteiger partial charge < -0.3 is 15.1 Å². The molecule has 1 aliphatic rings. The second-order valence-corrected chi connectivity index (χ2v) is 7.46. The van der Waals surface area contributed by atoms with Gasteiger partial charge in [-0.1, -0.05) is 30.3 Å². The Kier molecular flexibility index (Phi) is 5.82. The van der Waals surface area contributed by atoms with Crippen LogP contribution in [0.4, 0.5) is 14.5 Å². The maximum atomic E-state index is 13.4. The zero-order chi connectivity index (χ0) is 22.0. The Morgan fingerprint density at radius 1 is 0.903 bits per heavy atom. The SMILES string of the molecule is O=C1[C@H](C/C=C(\CO)c2ccc(F)cc2)C(c2ccc(O)cc2)N1c1ccc(F)cc1. The average Bonchev–Trinajstić information content (AvgIpc) is 2.78. The molecule has 1 fully saturated rings. The first kappa shape index (κ1) is 20.8. The Morgan fingerprint density at radius 3 is 2.06 bits per heavy atom. The minimum Gasteiger partial charge on any atom is -0.508 e. The molecule has 3 aromatic rings. The molecule has 0 saturated carbocycles. The first-order chi connectivity index (χ1) is 15.0. The Balaban J connectivity index is 1.63. The maximum Gasteiger partial charge on any atom is 0.233 e. The molecular formula is C25H21F2NO3. The molecule has 31 heavy (non-hydrogen) atoms. The van der Waals surface area contributed by atoms with E-state index in [9.17, 15) is 23.8 Å². The molecule has 2 N–H and O–H groups in total. The monoisotopic (exact) mass is 421 g/mol. The van der Waals surface area contributed by atoms with Gasteiger partial charge in [-0.2, -0.15) is 0 Å². The van der Waals surface area contributed by atoms with Gasteiger partial charge in [-0.05, 0) is 71.7 Å². The van der Waals surface area contributed by atoms with E-state index < -0.39 is 5.92 Å². The molecule has 6 heteroatoms. The van der Waals surface area contributed by atoms with Gasteiger partial charge in [0.25, 0.3) is 0 Å². The summed E-state index contributed by atoms with van der Waals surface area (Å²) in [6.07, 6.45) is 2.17. The first-order valence-electron chi connectivity index (χ1n) is 9.91. The van der Waals surface area contributed by atoms with E-state index in [1.54, 1.807) is 59.5 Å². The fourth-order valence-corrected chi connectivity index (χ4v) is 3.93. The van der Waals surface area contributed by atoms with Crippen molar-refractivity contribution in [3.8, 4) is 5.75 Å². The van der Waals surface area contributed by atoms with Crippen LogP contribution in [0, 0.1) is 17.6 Å². The molecule has 158 valence electrons. The van der Waals surface area contributed by atoms with Crippen molar-refractivity contribution in [3.63, 3.8) is 0 Å². The van der Waals surface area contributed by atoms with Crippen LogP contribution in [0.3, 0.4) is 0 Å². The van der Waals surface area contributed by atoms with Crippen molar-refractivity contribution in [1.82, 2.24) is 0 Å². The number of aliphatic hydroxyl groups is 1. The Morgan fingerprint density at radius 2 is 1.48 bits per heavy atom. The van der Waals surface area contributed by atoms with Crippen LogP contribution < -0.4 is 4.90 Å². The number of phenols is 1. The second-order valence-electron chi connectivity index (χ2n) is 7.46. The van der Waals surface area contributed by atoms with Crippen LogP contribution in [0.15, 0.2) is 78.9 Å². The van der Waals surface area contributed by atoms with Crippen LogP contribution in [-0.2, 0) is 4.79 Å². The van der Waals surface area contributed by atoms with Crippen molar-refractivity contribution < 1.29 is 23.8 Å². The summed E-state index contributed by atoms with van der Waals surface area (Å²) < 4.78 is 26.6. The van der Waals surface area contributed by atoms with Gasteiger partial charge in [0, 0.05) is 5.69 Å². The van der Waals surface area contributed by atoms with E-state index in [2.05, 4.69) is 0 Å². The lowest BCUT2D eigenvalue weighted by Crippen LogP contribution is -2.55. The van der Waals surface area contributed by atoms with Crippen molar-refractivity contribution in [2.75, 3.05) is 11.5 Å². The van der Waals surface area contributed by atoms with E-state index in [0.29, 0.717) is 23.2 Å². The lowest BCUT2D eigenvalue weighted by Gasteiger charge is -2.47. The number of hydrogen-bond acceptors (Lipinski definition) is 3. The quantitative estimate of drug-likeness (QED) is 0.560. The molecule has 1 heterocycles. The van der Waals surface area contributed by atoms with Gasteiger partial charge in [-0.25, -0.2) is 8.78 Å². The lowest BCUT2D eigenvalue weighted by atomic mass is 9.79. The summed E-state index contributed by atoms with van der Waals surface area (Å²) in [6, 6.07) is 17.9. The van der Waals surface area contributed by atoms with Crippen molar-refractivity contribution in [2.45, 2.75) is 12.5 Å². The highest BCUT2D eigenvalue weighted by molar-refractivity contribution is 6.03. The summed E-state index contributed by atoms with van der Waals surface area (Å²) >= 11 is 0. The average molecular weight is 421 g/mol. The second kappa shape index (κ2) is 8.70. The lowest BCUT2D eigenvalue weighted by molar-refractivity contribution is -0.130. The number of allylic oxidation sites excluding steroid dienone is 1. The van der Waals surface area contributed by atoms with Gasteiger partial charge in [0.1, 0.15) is 17.4 Å². The van der Waals surface area contributed by atoms with Gasteiger partial charge >= 0.3 is 0 Å². The van der Waals surface area contributed by atoms with Gasteiger partial charge in [-0.3, -0.25) is 4.79 Å². The number of β-lactam (4-membered cyclic amide) rings is 1. The molecule has 3 aromatic carbocycles. The van der Waals surface area contributed by atoms with Crippen LogP contribution in [0.1, 0.15) is 23.6 Å². The summed E-state index contributed by atoms with van der Waals surface area (Å²) in [5.74, 6) is -1.13. The molecule has 2 atom stereocenters. The number of nitrogens with zero attached hydrogens (tertiary/aromatic N) is 1. The van der Waals surface area contributed by atoms with E-state index >= 15 is 0 Å². The largest absolute Gasteiger partial charge is 0.508 e. The number of phenolic OH excluding ortho intramolecular Hbond substituents is 1. The summed E-state index contributed by atoms with van der Waals surface area (Å²) in [6.45, 7) is -0.238. The van der Waals surface area contributed by atoms with Crippen LogP contribution in [0.2, 0.25) is 0 Å². The number of carbonyl (C=O) groups is 1. The predicted molar refractivity (Wildman–Crippen MR) is 114 cm³/mol. The zero-order valence-corrected chi connectivity index (χ0v) is 16.6. The molecule has 0 radical (unpaired) electrons. The highest BCUT2D eigenvalue weighted by Crippen LogP contribution is 2.45. The van der Waals surface area contributed by atoms with Crippen LogP contribution in [-0.4, -0.2) is 22.7 Å². The smallest absolute Gasteiger partial charge is 0.233 e. The topological polar surface area (TPSA) is 60.8 Å². The summed E-state index contributed by atoms with van der Waals surface area (Å²) in [4.78, 5) is 14.6. The van der Waals surface area contributed by atoms with Crippen molar-refractivity contribution in [2.24, 2.45) is 5.92 Å². The number of hydrogen-bond donors (Lipinski definition) is 2. The number of anilines is 1. The summed E-state index contributed by atoms with van der Waals surface area (Å²) in [7, 11) is 0. The van der Waals surface area contributed by atoms with Crippen LogP contribution >= 0.6 is 0 Å². The molecule has 1 unspecified atom stereocenters. The molecule has 4 rings (SSSR count). The third kappa shape index (κ3) is 4.20. The van der Waals surface area contributed by atoms with Crippen molar-refractivity contribution >= 4 is 17.2 Å². The standard InChI is InChI=1S/C25H21F2NO3/c26-19-6-1-16(2-7-19)18(15-29)5-14-23-24(17-3-12-22(30)13-4-17)28(25(23)31)21-10-8-20(27)9-11-21/h1-13,23-24,29-30H,14-15H2/b18-5+/t23-,24?/m1/s1. The van der Waals surface area contributed by atoms with Crippen molar-refractivity contribution in [1.29, 1.82) is 0 Å². The minimum atomic E-state index is -0.392. The highest BCUT2D eigenvalue weighted by atomic mass is 19.1. The molecule has 0 aromatic heterocycles.